The lowest BCUT2D eigenvalue weighted by Gasteiger charge is -2.17. The third-order valence-electron chi connectivity index (χ3n) is 5.70. The minimum Gasteiger partial charge on any atom is -0.490 e. The third kappa shape index (κ3) is 5.91. The summed E-state index contributed by atoms with van der Waals surface area (Å²) >= 11 is 12.4. The molecule has 0 aliphatic heterocycles. The van der Waals surface area contributed by atoms with Crippen molar-refractivity contribution in [3.8, 4) is 17.6 Å². The highest BCUT2D eigenvalue weighted by Gasteiger charge is 2.15. The van der Waals surface area contributed by atoms with Gasteiger partial charge in [-0.2, -0.15) is 5.26 Å². The van der Waals surface area contributed by atoms with Gasteiger partial charge in [0.25, 0.3) is 0 Å². The zero-order valence-corrected chi connectivity index (χ0v) is 21.4. The molecule has 0 atom stereocenters. The zero-order chi connectivity index (χ0) is 25.5. The maximum atomic E-state index is 9.96. The second-order valence-electron chi connectivity index (χ2n) is 8.19. The van der Waals surface area contributed by atoms with Crippen molar-refractivity contribution in [1.82, 2.24) is 0 Å². The van der Waals surface area contributed by atoms with Gasteiger partial charge in [-0.05, 0) is 71.7 Å². The van der Waals surface area contributed by atoms with Gasteiger partial charge < -0.3 is 9.47 Å². The highest BCUT2D eigenvalue weighted by molar-refractivity contribution is 6.35. The van der Waals surface area contributed by atoms with E-state index in [-0.39, 0.29) is 6.61 Å². The van der Waals surface area contributed by atoms with Gasteiger partial charge in [-0.25, -0.2) is 0 Å². The molecule has 4 aromatic carbocycles. The predicted octanol–water partition coefficient (Wildman–Crippen LogP) is 8.92. The van der Waals surface area contributed by atoms with Crippen LogP contribution in [0.25, 0.3) is 22.4 Å². The van der Waals surface area contributed by atoms with Crippen LogP contribution in [0.1, 0.15) is 29.2 Å². The SMILES string of the molecule is C=CCc1cc(/C=C(/C#N)c2ccc3ccccc3c2)cc(OCC)c1OCc1ccc(Cl)cc1Cl. The quantitative estimate of drug-likeness (QED) is 0.127. The molecule has 5 heteroatoms. The van der Waals surface area contributed by atoms with Gasteiger partial charge in [-0.15, -0.1) is 6.58 Å². The van der Waals surface area contributed by atoms with E-state index in [1.807, 2.05) is 73.7 Å². The average molecular weight is 514 g/mol. The Morgan fingerprint density at radius 2 is 1.75 bits per heavy atom. The molecule has 36 heavy (non-hydrogen) atoms. The Balaban J connectivity index is 1.72. The van der Waals surface area contributed by atoms with Crippen molar-refractivity contribution >= 4 is 45.6 Å². The number of nitrogens with zero attached hydrogens (tertiary/aromatic N) is 1. The number of allylic oxidation sites excluding steroid dienone is 2. The van der Waals surface area contributed by atoms with E-state index in [0.29, 0.717) is 40.1 Å². The Labute approximate surface area is 221 Å². The number of nitriles is 1. The first-order valence-corrected chi connectivity index (χ1v) is 12.4. The standard InChI is InChI=1S/C31H25Cl2NO2/c1-3-7-25-14-21(15-27(19-34)24-11-10-22-8-5-6-9-23(22)17-24)16-30(35-4-2)31(25)36-20-26-12-13-28(32)18-29(26)33/h3,5-6,8-18H,1,4,7,20H2,2H3/b27-15-. The molecule has 0 aliphatic rings. The van der Waals surface area contributed by atoms with E-state index >= 15 is 0 Å². The van der Waals surface area contributed by atoms with Crippen molar-refractivity contribution in [3.05, 3.63) is 118 Å². The summed E-state index contributed by atoms with van der Waals surface area (Å²) in [6.45, 7) is 6.55. The summed E-state index contributed by atoms with van der Waals surface area (Å²) in [5.41, 5.74) is 3.99. The molecule has 0 N–H and O–H groups in total. The van der Waals surface area contributed by atoms with Crippen LogP contribution in [0.5, 0.6) is 11.5 Å². The molecule has 0 amide bonds. The maximum Gasteiger partial charge on any atom is 0.165 e. The normalized spacial score (nSPS) is 11.2. The van der Waals surface area contributed by atoms with E-state index < -0.39 is 0 Å². The molecular weight excluding hydrogens is 489 g/mol. The third-order valence-corrected chi connectivity index (χ3v) is 6.28. The van der Waals surface area contributed by atoms with Crippen LogP contribution >= 0.6 is 23.2 Å². The Morgan fingerprint density at radius 3 is 2.47 bits per heavy atom. The number of hydrogen-bond acceptors (Lipinski definition) is 3. The van der Waals surface area contributed by atoms with Gasteiger partial charge in [0.1, 0.15) is 6.61 Å². The number of hydrogen-bond donors (Lipinski definition) is 0. The summed E-state index contributed by atoms with van der Waals surface area (Å²) in [5, 5.41) is 13.3. The number of halogens is 2. The van der Waals surface area contributed by atoms with Crippen LogP contribution in [-0.4, -0.2) is 6.61 Å². The second kappa shape index (κ2) is 11.8. The first-order valence-electron chi connectivity index (χ1n) is 11.6. The summed E-state index contributed by atoms with van der Waals surface area (Å²) in [7, 11) is 0. The first-order chi connectivity index (χ1) is 17.5. The molecule has 0 radical (unpaired) electrons. The van der Waals surface area contributed by atoms with Crippen LogP contribution in [0.15, 0.2) is 85.5 Å². The van der Waals surface area contributed by atoms with Gasteiger partial charge in [0.2, 0.25) is 0 Å². The highest BCUT2D eigenvalue weighted by Crippen LogP contribution is 2.36. The van der Waals surface area contributed by atoms with Crippen molar-refractivity contribution < 1.29 is 9.47 Å². The van der Waals surface area contributed by atoms with Crippen LogP contribution in [0.4, 0.5) is 0 Å². The summed E-state index contributed by atoms with van der Waals surface area (Å²) < 4.78 is 12.2. The van der Waals surface area contributed by atoms with E-state index in [1.165, 1.54) is 0 Å². The second-order valence-corrected chi connectivity index (χ2v) is 9.03. The van der Waals surface area contributed by atoms with Crippen LogP contribution in [-0.2, 0) is 13.0 Å². The lowest BCUT2D eigenvalue weighted by molar-refractivity contribution is 0.267. The predicted molar refractivity (Wildman–Crippen MR) is 150 cm³/mol. The van der Waals surface area contributed by atoms with E-state index in [9.17, 15) is 5.26 Å². The van der Waals surface area contributed by atoms with Crippen LogP contribution in [0, 0.1) is 11.3 Å². The monoisotopic (exact) mass is 513 g/mol. The minimum atomic E-state index is 0.260. The van der Waals surface area contributed by atoms with E-state index in [4.69, 9.17) is 32.7 Å². The molecule has 0 aliphatic carbocycles. The van der Waals surface area contributed by atoms with E-state index in [0.717, 1.165) is 33.0 Å². The molecule has 0 unspecified atom stereocenters. The van der Waals surface area contributed by atoms with Gasteiger partial charge in [0, 0.05) is 21.2 Å². The molecule has 0 fully saturated rings. The molecule has 180 valence electrons. The lowest BCUT2D eigenvalue weighted by atomic mass is 9.98. The minimum absolute atomic E-state index is 0.260. The fourth-order valence-corrected chi connectivity index (χ4v) is 4.46. The highest BCUT2D eigenvalue weighted by atomic mass is 35.5. The Bertz CT molecular complexity index is 1480. The fourth-order valence-electron chi connectivity index (χ4n) is 3.99. The number of rotatable bonds is 9. The molecule has 0 saturated carbocycles. The summed E-state index contributed by atoms with van der Waals surface area (Å²) in [6, 6.07) is 25.7. The van der Waals surface area contributed by atoms with Gasteiger partial charge in [0.15, 0.2) is 11.5 Å². The fraction of sp³-hybridized carbons (Fsp3) is 0.129. The van der Waals surface area contributed by atoms with Gasteiger partial charge >= 0.3 is 0 Å². The zero-order valence-electron chi connectivity index (χ0n) is 19.9. The van der Waals surface area contributed by atoms with Crippen molar-refractivity contribution in [2.45, 2.75) is 20.0 Å². The Kier molecular flexibility index (Phi) is 8.33. The molecule has 0 aromatic heterocycles. The smallest absolute Gasteiger partial charge is 0.165 e. The van der Waals surface area contributed by atoms with Crippen molar-refractivity contribution in [3.63, 3.8) is 0 Å². The van der Waals surface area contributed by atoms with E-state index in [1.54, 1.807) is 12.1 Å². The van der Waals surface area contributed by atoms with Crippen LogP contribution in [0.2, 0.25) is 10.0 Å². The maximum absolute atomic E-state index is 9.96. The largest absolute Gasteiger partial charge is 0.490 e. The van der Waals surface area contributed by atoms with Crippen LogP contribution < -0.4 is 9.47 Å². The molecule has 4 rings (SSSR count). The topological polar surface area (TPSA) is 42.2 Å². The van der Waals surface area contributed by atoms with Crippen molar-refractivity contribution in [2.75, 3.05) is 6.61 Å². The first kappa shape index (κ1) is 25.4. The molecule has 3 nitrogen and oxygen atoms in total. The van der Waals surface area contributed by atoms with Gasteiger partial charge in [-0.3, -0.25) is 0 Å². The number of fused-ring (bicyclic) bond motifs is 1. The average Bonchev–Trinajstić information content (AvgIpc) is 2.88. The summed E-state index contributed by atoms with van der Waals surface area (Å²) in [5.74, 6) is 1.23. The summed E-state index contributed by atoms with van der Waals surface area (Å²) in [4.78, 5) is 0. The lowest BCUT2D eigenvalue weighted by Crippen LogP contribution is -2.04. The molecule has 0 saturated heterocycles. The van der Waals surface area contributed by atoms with Gasteiger partial charge in [0.05, 0.1) is 18.2 Å². The van der Waals surface area contributed by atoms with E-state index in [2.05, 4.69) is 18.7 Å². The molecular formula is C31H25Cl2NO2. The molecule has 0 bridgehead atoms. The van der Waals surface area contributed by atoms with Crippen molar-refractivity contribution in [1.29, 1.82) is 5.26 Å². The van der Waals surface area contributed by atoms with Gasteiger partial charge in [-0.1, -0.05) is 71.7 Å². The number of benzene rings is 4. The summed E-state index contributed by atoms with van der Waals surface area (Å²) in [6.07, 6.45) is 4.26. The Hall–Kier alpha value is -3.71. The van der Waals surface area contributed by atoms with Crippen molar-refractivity contribution in [2.24, 2.45) is 0 Å². The molecule has 0 spiro atoms. The Morgan fingerprint density at radius 1 is 0.944 bits per heavy atom. The molecule has 4 aromatic rings. The van der Waals surface area contributed by atoms with Crippen LogP contribution in [0.3, 0.4) is 0 Å². The molecule has 0 heterocycles. The number of ether oxygens (including phenoxy) is 2.